The molecule has 0 spiro atoms. The summed E-state index contributed by atoms with van der Waals surface area (Å²) >= 11 is 12.3. The van der Waals surface area contributed by atoms with E-state index in [1.807, 2.05) is 0 Å². The number of pyridine rings is 1. The maximum atomic E-state index is 13.4. The van der Waals surface area contributed by atoms with Crippen molar-refractivity contribution in [2.24, 2.45) is 5.10 Å². The monoisotopic (exact) mass is 610 g/mol. The Morgan fingerprint density at radius 3 is 2.48 bits per heavy atom. The number of fused-ring (bicyclic) bond motifs is 1. The minimum absolute atomic E-state index is 0.0720. The van der Waals surface area contributed by atoms with Crippen LogP contribution >= 0.6 is 23.2 Å². The number of hydrazone groups is 1. The van der Waals surface area contributed by atoms with Crippen LogP contribution < -0.4 is 14.5 Å². The number of hydrogen-bond donors (Lipinski definition) is 1. The smallest absolute Gasteiger partial charge is 0.416 e. The predicted octanol–water partition coefficient (Wildman–Crippen LogP) is 5.91. The minimum atomic E-state index is -4.79. The lowest BCUT2D eigenvalue weighted by Crippen LogP contribution is -2.40. The Hall–Kier alpha value is -3.87. The molecule has 14 heteroatoms. The van der Waals surface area contributed by atoms with E-state index in [-0.39, 0.29) is 15.1 Å². The molecular weight excluding hydrogens is 592 g/mol. The summed E-state index contributed by atoms with van der Waals surface area (Å²) in [5.41, 5.74) is 1.39. The molecular formula is C26H19Cl2F3N4O4S. The Kier molecular flexibility index (Phi) is 8.52. The van der Waals surface area contributed by atoms with E-state index < -0.39 is 39.9 Å². The number of sulfonamides is 1. The fourth-order valence-electron chi connectivity index (χ4n) is 3.60. The van der Waals surface area contributed by atoms with E-state index in [4.69, 9.17) is 27.9 Å². The lowest BCUT2D eigenvalue weighted by atomic mass is 10.1. The first-order valence-corrected chi connectivity index (χ1v) is 13.5. The zero-order valence-electron chi connectivity index (χ0n) is 20.5. The molecule has 8 nitrogen and oxygen atoms in total. The third-order valence-electron chi connectivity index (χ3n) is 5.56. The van der Waals surface area contributed by atoms with Crippen LogP contribution in [0, 0.1) is 0 Å². The third kappa shape index (κ3) is 6.46. The van der Waals surface area contributed by atoms with Gasteiger partial charge in [-0.25, -0.2) is 18.8 Å². The van der Waals surface area contributed by atoms with Crippen LogP contribution in [0.25, 0.3) is 10.9 Å². The van der Waals surface area contributed by atoms with Crippen molar-refractivity contribution in [3.8, 4) is 5.75 Å². The van der Waals surface area contributed by atoms with Crippen molar-refractivity contribution < 1.29 is 31.1 Å². The number of aromatic nitrogens is 1. The number of ether oxygens (including phenoxy) is 1. The highest BCUT2D eigenvalue weighted by Gasteiger charge is 2.34. The molecule has 4 rings (SSSR count). The van der Waals surface area contributed by atoms with E-state index >= 15 is 0 Å². The van der Waals surface area contributed by atoms with Crippen LogP contribution in [0.15, 0.2) is 82.8 Å². The molecule has 0 aliphatic rings. The fraction of sp³-hybridized carbons (Fsp3) is 0.115. The van der Waals surface area contributed by atoms with Gasteiger partial charge in [-0.2, -0.15) is 18.3 Å². The first-order chi connectivity index (χ1) is 18.9. The number of rotatable bonds is 8. The van der Waals surface area contributed by atoms with Gasteiger partial charge in [-0.05, 0) is 48.5 Å². The van der Waals surface area contributed by atoms with Crippen molar-refractivity contribution in [1.29, 1.82) is 0 Å². The highest BCUT2D eigenvalue weighted by molar-refractivity contribution is 7.92. The third-order valence-corrected chi connectivity index (χ3v) is 7.96. The summed E-state index contributed by atoms with van der Waals surface area (Å²) in [7, 11) is -3.01. The molecule has 0 aliphatic carbocycles. The standard InChI is InChI=1S/C26H19Cl2F3N4O4S/c1-39-19-9-7-16-11-17(25(28)33-22(16)13-19)14-32-34-24(36)15-35(40(37,38)20-5-3-2-4-6-20)23-12-18(26(29,30)31)8-10-21(23)27/h2-14H,15H2,1H3,(H,34,36)/b32-14-. The molecule has 1 aromatic heterocycles. The molecule has 0 atom stereocenters. The van der Waals surface area contributed by atoms with Crippen LogP contribution in [0.3, 0.4) is 0 Å². The number of anilines is 1. The Morgan fingerprint density at radius 2 is 1.80 bits per heavy atom. The van der Waals surface area contributed by atoms with Crippen LogP contribution in [-0.4, -0.2) is 39.2 Å². The van der Waals surface area contributed by atoms with E-state index in [0.29, 0.717) is 38.7 Å². The van der Waals surface area contributed by atoms with Crippen molar-refractivity contribution in [1.82, 2.24) is 10.4 Å². The average molecular weight is 611 g/mol. The molecule has 0 aliphatic heterocycles. The molecule has 1 amide bonds. The van der Waals surface area contributed by atoms with Crippen LogP contribution in [0.2, 0.25) is 10.2 Å². The number of carbonyl (C=O) groups is 1. The molecule has 1 heterocycles. The van der Waals surface area contributed by atoms with Crippen molar-refractivity contribution in [3.63, 3.8) is 0 Å². The van der Waals surface area contributed by atoms with Crippen LogP contribution in [0.4, 0.5) is 18.9 Å². The van der Waals surface area contributed by atoms with Gasteiger partial charge < -0.3 is 4.74 Å². The zero-order chi connectivity index (χ0) is 29.1. The van der Waals surface area contributed by atoms with Gasteiger partial charge in [-0.15, -0.1) is 0 Å². The molecule has 0 saturated carbocycles. The second-order valence-electron chi connectivity index (χ2n) is 8.21. The van der Waals surface area contributed by atoms with E-state index in [1.165, 1.54) is 37.6 Å². The summed E-state index contributed by atoms with van der Waals surface area (Å²) in [6.45, 7) is -0.931. The quantitative estimate of drug-likeness (QED) is 0.152. The summed E-state index contributed by atoms with van der Waals surface area (Å²) in [5, 5.41) is 4.28. The topological polar surface area (TPSA) is 101 Å². The number of nitrogens with zero attached hydrogens (tertiary/aromatic N) is 3. The second-order valence-corrected chi connectivity index (χ2v) is 10.8. The maximum Gasteiger partial charge on any atom is 0.416 e. The van der Waals surface area contributed by atoms with Gasteiger partial charge >= 0.3 is 6.18 Å². The van der Waals surface area contributed by atoms with E-state index in [9.17, 15) is 26.4 Å². The van der Waals surface area contributed by atoms with Crippen molar-refractivity contribution in [3.05, 3.63) is 94.1 Å². The van der Waals surface area contributed by atoms with Gasteiger partial charge in [-0.1, -0.05) is 41.4 Å². The van der Waals surface area contributed by atoms with Crippen molar-refractivity contribution in [2.75, 3.05) is 18.0 Å². The first-order valence-electron chi connectivity index (χ1n) is 11.3. The number of halogens is 5. The van der Waals surface area contributed by atoms with Crippen LogP contribution in [0.1, 0.15) is 11.1 Å². The lowest BCUT2D eigenvalue weighted by molar-refractivity contribution is -0.137. The van der Waals surface area contributed by atoms with E-state index in [1.54, 1.807) is 30.3 Å². The Balaban J connectivity index is 1.63. The number of alkyl halides is 3. The summed E-state index contributed by atoms with van der Waals surface area (Å²) in [5.74, 6) is -0.375. The molecule has 0 fully saturated rings. The van der Waals surface area contributed by atoms with Crippen LogP contribution in [-0.2, 0) is 21.0 Å². The maximum absolute atomic E-state index is 13.4. The SMILES string of the molecule is COc1ccc2cc(/C=N\NC(=O)CN(c3cc(C(F)(F)F)ccc3Cl)S(=O)(=O)c3ccccc3)c(Cl)nc2c1. The molecule has 40 heavy (non-hydrogen) atoms. The van der Waals surface area contributed by atoms with E-state index in [2.05, 4.69) is 15.5 Å². The van der Waals surface area contributed by atoms with Gasteiger partial charge in [0.05, 0.1) is 40.0 Å². The van der Waals surface area contributed by atoms with Gasteiger partial charge in [-0.3, -0.25) is 9.10 Å². The zero-order valence-corrected chi connectivity index (χ0v) is 22.8. The molecule has 0 saturated heterocycles. The molecule has 0 unspecified atom stereocenters. The molecule has 0 bridgehead atoms. The molecule has 4 aromatic rings. The van der Waals surface area contributed by atoms with Gasteiger partial charge in [0, 0.05) is 17.0 Å². The summed E-state index contributed by atoms with van der Waals surface area (Å²) < 4.78 is 72.7. The van der Waals surface area contributed by atoms with Gasteiger partial charge in [0.2, 0.25) is 0 Å². The number of nitrogens with one attached hydrogen (secondary N) is 1. The number of benzene rings is 3. The summed E-state index contributed by atoms with van der Waals surface area (Å²) in [4.78, 5) is 16.8. The number of amides is 1. The van der Waals surface area contributed by atoms with Crippen molar-refractivity contribution >= 4 is 61.9 Å². The van der Waals surface area contributed by atoms with Crippen LogP contribution in [0.5, 0.6) is 5.75 Å². The van der Waals surface area contributed by atoms with E-state index in [0.717, 1.165) is 6.07 Å². The number of methoxy groups -OCH3 is 1. The molecule has 1 N–H and O–H groups in total. The Bertz CT molecular complexity index is 1700. The molecule has 0 radical (unpaired) electrons. The highest BCUT2D eigenvalue weighted by Crippen LogP contribution is 2.37. The fourth-order valence-corrected chi connectivity index (χ4v) is 5.51. The first kappa shape index (κ1) is 29.1. The summed E-state index contributed by atoms with van der Waals surface area (Å²) in [6, 6.07) is 15.9. The largest absolute Gasteiger partial charge is 0.497 e. The molecule has 208 valence electrons. The van der Waals surface area contributed by atoms with Gasteiger partial charge in [0.15, 0.2) is 0 Å². The number of hydrogen-bond acceptors (Lipinski definition) is 6. The van der Waals surface area contributed by atoms with Gasteiger partial charge in [0.1, 0.15) is 17.4 Å². The Labute approximate surface area is 237 Å². The average Bonchev–Trinajstić information content (AvgIpc) is 2.92. The lowest BCUT2D eigenvalue weighted by Gasteiger charge is -2.25. The van der Waals surface area contributed by atoms with Gasteiger partial charge in [0.25, 0.3) is 15.9 Å². The number of carbonyl (C=O) groups excluding carboxylic acids is 1. The normalized spacial score (nSPS) is 12.1. The minimum Gasteiger partial charge on any atom is -0.497 e. The predicted molar refractivity (Wildman–Crippen MR) is 146 cm³/mol. The Morgan fingerprint density at radius 1 is 1.07 bits per heavy atom. The second kappa shape index (κ2) is 11.7. The van der Waals surface area contributed by atoms with Crippen molar-refractivity contribution in [2.45, 2.75) is 11.1 Å². The summed E-state index contributed by atoms with van der Waals surface area (Å²) in [6.07, 6.45) is -3.59. The highest BCUT2D eigenvalue weighted by atomic mass is 35.5. The molecule has 3 aromatic carbocycles.